The molecule has 0 aromatic carbocycles. The Labute approximate surface area is 143 Å². The van der Waals surface area contributed by atoms with Crippen molar-refractivity contribution < 1.29 is 13.2 Å². The Morgan fingerprint density at radius 1 is 1.38 bits per heavy atom. The van der Waals surface area contributed by atoms with Crippen molar-refractivity contribution in [2.24, 2.45) is 0 Å². The number of sulfone groups is 1. The van der Waals surface area contributed by atoms with Crippen molar-refractivity contribution in [2.45, 2.75) is 25.8 Å². The summed E-state index contributed by atoms with van der Waals surface area (Å²) in [5.41, 5.74) is 0.252. The highest BCUT2D eigenvalue weighted by Crippen LogP contribution is 2.13. The van der Waals surface area contributed by atoms with Crippen LogP contribution < -0.4 is 10.6 Å². The maximum atomic E-state index is 12.3. The zero-order valence-corrected chi connectivity index (χ0v) is 15.2. The third-order valence-corrected chi connectivity index (χ3v) is 5.49. The van der Waals surface area contributed by atoms with Gasteiger partial charge in [0.1, 0.15) is 17.3 Å². The minimum atomic E-state index is -3.03. The zero-order valence-electron chi connectivity index (χ0n) is 14.4. The normalized spacial score (nSPS) is 19.4. The molecule has 8 nitrogen and oxygen atoms in total. The van der Waals surface area contributed by atoms with Crippen molar-refractivity contribution in [3.63, 3.8) is 0 Å². The average molecular weight is 355 g/mol. The summed E-state index contributed by atoms with van der Waals surface area (Å²) in [7, 11) is 1.00. The number of carbonyl (C=O) groups is 1. The second kappa shape index (κ2) is 7.89. The minimum absolute atomic E-state index is 0.00154. The van der Waals surface area contributed by atoms with Crippen molar-refractivity contribution in [1.82, 2.24) is 20.2 Å². The molecule has 2 rings (SSSR count). The molecule has 1 aromatic rings. The van der Waals surface area contributed by atoms with E-state index in [1.165, 1.54) is 0 Å². The molecule has 0 aliphatic carbocycles. The van der Waals surface area contributed by atoms with E-state index in [1.54, 1.807) is 13.0 Å². The Morgan fingerprint density at radius 2 is 2.12 bits per heavy atom. The lowest BCUT2D eigenvalue weighted by atomic mass is 10.2. The van der Waals surface area contributed by atoms with Crippen molar-refractivity contribution >= 4 is 21.6 Å². The molecular weight excluding hydrogens is 330 g/mol. The SMILES string of the molecule is Cc1nc(NCCCN(C)C)cc(C(=O)NC2CCS(=O)(=O)C2)n1. The van der Waals surface area contributed by atoms with Crippen LogP contribution in [0.1, 0.15) is 29.2 Å². The number of carbonyl (C=O) groups excluding carboxylic acids is 1. The molecule has 0 saturated carbocycles. The highest BCUT2D eigenvalue weighted by Gasteiger charge is 2.29. The van der Waals surface area contributed by atoms with Crippen LogP contribution in [0.25, 0.3) is 0 Å². The molecule has 1 aliphatic rings. The van der Waals surface area contributed by atoms with Gasteiger partial charge in [0.05, 0.1) is 11.5 Å². The second-order valence-electron chi connectivity index (χ2n) is 6.34. The fourth-order valence-electron chi connectivity index (χ4n) is 2.55. The highest BCUT2D eigenvalue weighted by molar-refractivity contribution is 7.91. The smallest absolute Gasteiger partial charge is 0.270 e. The van der Waals surface area contributed by atoms with Crippen molar-refractivity contribution in [3.05, 3.63) is 17.6 Å². The number of rotatable bonds is 7. The maximum absolute atomic E-state index is 12.3. The number of amides is 1. The fourth-order valence-corrected chi connectivity index (χ4v) is 4.23. The molecule has 2 heterocycles. The van der Waals surface area contributed by atoms with E-state index in [2.05, 4.69) is 25.5 Å². The van der Waals surface area contributed by atoms with Crippen LogP contribution in [0.15, 0.2) is 6.07 Å². The van der Waals surface area contributed by atoms with Crippen LogP contribution >= 0.6 is 0 Å². The second-order valence-corrected chi connectivity index (χ2v) is 8.57. The minimum Gasteiger partial charge on any atom is -0.370 e. The molecule has 9 heteroatoms. The standard InChI is InChI=1S/C15H25N5O3S/c1-11-17-13(9-14(18-11)16-6-4-7-20(2)3)15(21)19-12-5-8-24(22,23)10-12/h9,12H,4-8,10H2,1-3H3,(H,19,21)(H,16,17,18). The number of aryl methyl sites for hydroxylation is 1. The number of aromatic nitrogens is 2. The molecular formula is C15H25N5O3S. The molecule has 1 fully saturated rings. The van der Waals surface area contributed by atoms with Gasteiger partial charge >= 0.3 is 0 Å². The third-order valence-electron chi connectivity index (χ3n) is 3.73. The molecule has 134 valence electrons. The average Bonchev–Trinajstić information content (AvgIpc) is 2.82. The van der Waals surface area contributed by atoms with Gasteiger partial charge in [-0.15, -0.1) is 0 Å². The number of anilines is 1. The largest absolute Gasteiger partial charge is 0.370 e. The summed E-state index contributed by atoms with van der Waals surface area (Å²) in [5.74, 6) is 0.860. The summed E-state index contributed by atoms with van der Waals surface area (Å²) in [6.45, 7) is 3.43. The van der Waals surface area contributed by atoms with Crippen molar-refractivity contribution in [3.8, 4) is 0 Å². The lowest BCUT2D eigenvalue weighted by Crippen LogP contribution is -2.36. The van der Waals surface area contributed by atoms with Crippen LogP contribution in [0.2, 0.25) is 0 Å². The zero-order chi connectivity index (χ0) is 17.7. The van der Waals surface area contributed by atoms with E-state index in [4.69, 9.17) is 0 Å². The molecule has 0 radical (unpaired) electrons. The van der Waals surface area contributed by atoms with E-state index in [9.17, 15) is 13.2 Å². The van der Waals surface area contributed by atoms with E-state index in [0.29, 0.717) is 18.1 Å². The topological polar surface area (TPSA) is 104 Å². The molecule has 0 spiro atoms. The molecule has 2 N–H and O–H groups in total. The number of hydrogen-bond donors (Lipinski definition) is 2. The van der Waals surface area contributed by atoms with Gasteiger partial charge in [-0.1, -0.05) is 0 Å². The maximum Gasteiger partial charge on any atom is 0.270 e. The summed E-state index contributed by atoms with van der Waals surface area (Å²) in [6.07, 6.45) is 1.41. The Kier molecular flexibility index (Phi) is 6.11. The number of hydrogen-bond acceptors (Lipinski definition) is 7. The van der Waals surface area contributed by atoms with E-state index in [0.717, 1.165) is 19.5 Å². The van der Waals surface area contributed by atoms with Gasteiger partial charge in [0, 0.05) is 18.7 Å². The molecule has 1 amide bonds. The van der Waals surface area contributed by atoms with E-state index in [1.807, 2.05) is 14.1 Å². The summed E-state index contributed by atoms with van der Waals surface area (Å²) in [4.78, 5) is 22.8. The van der Waals surface area contributed by atoms with Gasteiger partial charge in [-0.05, 0) is 40.4 Å². The van der Waals surface area contributed by atoms with E-state index in [-0.39, 0.29) is 29.1 Å². The van der Waals surface area contributed by atoms with Crippen LogP contribution in [0.5, 0.6) is 0 Å². The summed E-state index contributed by atoms with van der Waals surface area (Å²) < 4.78 is 22.9. The first-order valence-corrected chi connectivity index (χ1v) is 9.83. The monoisotopic (exact) mass is 355 g/mol. The van der Waals surface area contributed by atoms with Crippen LogP contribution in [0, 0.1) is 6.92 Å². The van der Waals surface area contributed by atoms with E-state index < -0.39 is 9.84 Å². The fraction of sp³-hybridized carbons (Fsp3) is 0.667. The van der Waals surface area contributed by atoms with Crippen LogP contribution in [-0.2, 0) is 9.84 Å². The summed E-state index contributed by atoms with van der Waals surface area (Å²) in [6, 6.07) is 1.26. The Bertz CT molecular complexity index is 690. The summed E-state index contributed by atoms with van der Waals surface area (Å²) in [5, 5.41) is 5.93. The first-order chi connectivity index (χ1) is 11.2. The molecule has 1 unspecified atom stereocenters. The number of nitrogens with zero attached hydrogens (tertiary/aromatic N) is 3. The molecule has 1 aromatic heterocycles. The van der Waals surface area contributed by atoms with Crippen LogP contribution in [-0.4, -0.2) is 73.9 Å². The van der Waals surface area contributed by atoms with Crippen molar-refractivity contribution in [2.75, 3.05) is 44.0 Å². The van der Waals surface area contributed by atoms with Gasteiger partial charge in [0.25, 0.3) is 5.91 Å². The first kappa shape index (κ1) is 18.6. The molecule has 1 aliphatic heterocycles. The van der Waals surface area contributed by atoms with Gasteiger partial charge in [-0.25, -0.2) is 18.4 Å². The van der Waals surface area contributed by atoms with Crippen LogP contribution in [0.3, 0.4) is 0 Å². The molecule has 1 atom stereocenters. The highest BCUT2D eigenvalue weighted by atomic mass is 32.2. The quantitative estimate of drug-likeness (QED) is 0.667. The van der Waals surface area contributed by atoms with Gasteiger partial charge < -0.3 is 15.5 Å². The van der Waals surface area contributed by atoms with E-state index >= 15 is 0 Å². The van der Waals surface area contributed by atoms with Gasteiger partial charge in [0.2, 0.25) is 0 Å². The predicted octanol–water partition coefficient (Wildman–Crippen LogP) is 0.0655. The lowest BCUT2D eigenvalue weighted by Gasteiger charge is -2.13. The lowest BCUT2D eigenvalue weighted by molar-refractivity contribution is 0.0935. The first-order valence-electron chi connectivity index (χ1n) is 8.01. The molecule has 1 saturated heterocycles. The number of nitrogens with one attached hydrogen (secondary N) is 2. The Hall–Kier alpha value is -1.74. The Morgan fingerprint density at radius 3 is 2.75 bits per heavy atom. The van der Waals surface area contributed by atoms with Gasteiger partial charge in [-0.2, -0.15) is 0 Å². The molecule has 0 bridgehead atoms. The third kappa shape index (κ3) is 5.72. The molecule has 24 heavy (non-hydrogen) atoms. The Balaban J connectivity index is 1.95. The van der Waals surface area contributed by atoms with Gasteiger partial charge in [0.15, 0.2) is 9.84 Å². The van der Waals surface area contributed by atoms with Gasteiger partial charge in [-0.3, -0.25) is 4.79 Å². The van der Waals surface area contributed by atoms with Crippen molar-refractivity contribution in [1.29, 1.82) is 0 Å². The van der Waals surface area contributed by atoms with Crippen LogP contribution in [0.4, 0.5) is 5.82 Å². The predicted molar refractivity (Wildman–Crippen MR) is 93.0 cm³/mol. The summed E-state index contributed by atoms with van der Waals surface area (Å²) >= 11 is 0.